The molecule has 6 heteroatoms. The highest BCUT2D eigenvalue weighted by Gasteiger charge is 2.28. The number of piperidine rings is 1. The first-order valence-electron chi connectivity index (χ1n) is 10.5. The van der Waals surface area contributed by atoms with E-state index in [9.17, 15) is 14.4 Å². The van der Waals surface area contributed by atoms with Crippen molar-refractivity contribution in [2.24, 2.45) is 0 Å². The number of hydrogen-bond acceptors (Lipinski definition) is 4. The van der Waals surface area contributed by atoms with Crippen molar-refractivity contribution in [2.75, 3.05) is 0 Å². The van der Waals surface area contributed by atoms with Crippen LogP contribution in [0.25, 0.3) is 10.9 Å². The number of nitrogens with one attached hydrogen (secondary N) is 1. The summed E-state index contributed by atoms with van der Waals surface area (Å²) in [6.07, 6.45) is 2.30. The normalized spacial score (nSPS) is 16.4. The van der Waals surface area contributed by atoms with Gasteiger partial charge in [-0.25, -0.2) is 4.98 Å². The maximum absolute atomic E-state index is 13.5. The maximum Gasteiger partial charge on any atom is 0.262 e. The Kier molecular flexibility index (Phi) is 5.80. The smallest absolute Gasteiger partial charge is 0.262 e. The molecule has 0 aliphatic carbocycles. The van der Waals surface area contributed by atoms with E-state index in [0.717, 1.165) is 11.1 Å². The predicted octanol–water partition coefficient (Wildman–Crippen LogP) is 3.41. The minimum absolute atomic E-state index is 0.119. The molecule has 4 rings (SSSR count). The summed E-state index contributed by atoms with van der Waals surface area (Å²) in [5.74, 6) is 0.384. The summed E-state index contributed by atoms with van der Waals surface area (Å²) in [5.41, 5.74) is 2.78. The lowest BCUT2D eigenvalue weighted by atomic mass is 9.99. The molecule has 1 fully saturated rings. The van der Waals surface area contributed by atoms with Gasteiger partial charge in [-0.3, -0.25) is 19.0 Å². The molecule has 1 saturated heterocycles. The van der Waals surface area contributed by atoms with Gasteiger partial charge in [-0.2, -0.15) is 0 Å². The van der Waals surface area contributed by atoms with Gasteiger partial charge in [0, 0.05) is 18.5 Å². The highest BCUT2D eigenvalue weighted by Crippen LogP contribution is 2.24. The van der Waals surface area contributed by atoms with Crippen LogP contribution in [0.3, 0.4) is 0 Å². The molecule has 1 N–H and O–H groups in total. The zero-order valence-corrected chi connectivity index (χ0v) is 17.6. The van der Waals surface area contributed by atoms with E-state index in [1.807, 2.05) is 42.5 Å². The molecule has 31 heavy (non-hydrogen) atoms. The maximum atomic E-state index is 13.5. The second-order valence-electron chi connectivity index (χ2n) is 7.99. The van der Waals surface area contributed by atoms with Gasteiger partial charge in [-0.05, 0) is 43.4 Å². The van der Waals surface area contributed by atoms with E-state index in [1.54, 1.807) is 13.0 Å². The van der Waals surface area contributed by atoms with Crippen LogP contribution in [0.2, 0.25) is 0 Å². The molecule has 1 aromatic heterocycles. The van der Waals surface area contributed by atoms with Crippen LogP contribution in [0.15, 0.2) is 65.6 Å². The summed E-state index contributed by atoms with van der Waals surface area (Å²) in [7, 11) is 0. The molecule has 1 aliphatic rings. The lowest BCUT2D eigenvalue weighted by Crippen LogP contribution is -2.41. The van der Waals surface area contributed by atoms with Gasteiger partial charge in [0.05, 0.1) is 10.9 Å². The van der Waals surface area contributed by atoms with Gasteiger partial charge in [0.15, 0.2) is 0 Å². The quantitative estimate of drug-likeness (QED) is 0.669. The van der Waals surface area contributed by atoms with E-state index < -0.39 is 6.04 Å². The zero-order chi connectivity index (χ0) is 22.0. The van der Waals surface area contributed by atoms with Crippen molar-refractivity contribution in [1.29, 1.82) is 0 Å². The molecule has 1 atom stereocenters. The number of carbonyl (C=O) groups excluding carboxylic acids is 2. The molecule has 6 nitrogen and oxygen atoms in total. The minimum atomic E-state index is -0.609. The number of benzene rings is 2. The number of carbonyl (C=O) groups is 2. The van der Waals surface area contributed by atoms with Crippen LogP contribution < -0.4 is 10.9 Å². The Bertz CT molecular complexity index is 1230. The standard InChI is InChI=1S/C25H25N3O3/c1-16-11-14-22(24(30)26-16)28-17(2)27-21-10-6-9-19(23(21)25(28)31)12-13-20(29)15-18-7-4-3-5-8-18/h3-10,22H,1,11-15H2,2H3,(H,26,30). The van der Waals surface area contributed by atoms with Crippen molar-refractivity contribution in [3.63, 3.8) is 0 Å². The number of Topliss-reactive ketones (excluding diaryl/α,β-unsaturated/α-hetero) is 1. The average molecular weight is 415 g/mol. The number of amides is 1. The number of aryl methyl sites for hydroxylation is 2. The fraction of sp³-hybridized carbons (Fsp3) is 0.280. The SMILES string of the molecule is C=C1CCC(n2c(C)nc3cccc(CCC(=O)Cc4ccccc4)c3c2=O)C(=O)N1. The van der Waals surface area contributed by atoms with Crippen LogP contribution in [0.4, 0.5) is 0 Å². The van der Waals surface area contributed by atoms with Crippen molar-refractivity contribution in [2.45, 2.75) is 45.1 Å². The van der Waals surface area contributed by atoms with Crippen LogP contribution in [0, 0.1) is 6.92 Å². The van der Waals surface area contributed by atoms with Crippen LogP contribution in [-0.4, -0.2) is 21.2 Å². The molecule has 1 amide bonds. The zero-order valence-electron chi connectivity index (χ0n) is 17.6. The summed E-state index contributed by atoms with van der Waals surface area (Å²) < 4.78 is 1.49. The Morgan fingerprint density at radius 1 is 1.16 bits per heavy atom. The van der Waals surface area contributed by atoms with Gasteiger partial charge in [0.25, 0.3) is 5.56 Å². The van der Waals surface area contributed by atoms with Crippen LogP contribution in [0.5, 0.6) is 0 Å². The fourth-order valence-electron chi connectivity index (χ4n) is 4.19. The van der Waals surface area contributed by atoms with E-state index in [1.165, 1.54) is 4.57 Å². The highest BCUT2D eigenvalue weighted by atomic mass is 16.2. The van der Waals surface area contributed by atoms with Crippen molar-refractivity contribution >= 4 is 22.6 Å². The molecule has 0 radical (unpaired) electrons. The van der Waals surface area contributed by atoms with E-state index >= 15 is 0 Å². The Morgan fingerprint density at radius 3 is 2.68 bits per heavy atom. The summed E-state index contributed by atoms with van der Waals surface area (Å²) in [6.45, 7) is 5.55. The molecule has 0 saturated carbocycles. The molecule has 0 bridgehead atoms. The monoisotopic (exact) mass is 415 g/mol. The van der Waals surface area contributed by atoms with Crippen LogP contribution >= 0.6 is 0 Å². The van der Waals surface area contributed by atoms with Gasteiger partial charge in [0.2, 0.25) is 5.91 Å². The van der Waals surface area contributed by atoms with Crippen molar-refractivity contribution in [1.82, 2.24) is 14.9 Å². The van der Waals surface area contributed by atoms with Crippen molar-refractivity contribution in [3.8, 4) is 0 Å². The van der Waals surface area contributed by atoms with Crippen molar-refractivity contribution in [3.05, 3.63) is 88.1 Å². The van der Waals surface area contributed by atoms with Gasteiger partial charge in [-0.15, -0.1) is 0 Å². The molecular weight excluding hydrogens is 390 g/mol. The first-order valence-corrected chi connectivity index (χ1v) is 10.5. The number of hydrogen-bond donors (Lipinski definition) is 1. The number of ketones is 1. The third-order valence-corrected chi connectivity index (χ3v) is 5.74. The molecule has 158 valence electrons. The van der Waals surface area contributed by atoms with Gasteiger partial charge >= 0.3 is 0 Å². The second kappa shape index (κ2) is 8.68. The third kappa shape index (κ3) is 4.33. The van der Waals surface area contributed by atoms with Gasteiger partial charge in [0.1, 0.15) is 17.6 Å². The Hall–Kier alpha value is -3.54. The molecule has 2 aromatic carbocycles. The summed E-state index contributed by atoms with van der Waals surface area (Å²) in [6, 6.07) is 14.5. The molecule has 2 heterocycles. The summed E-state index contributed by atoms with van der Waals surface area (Å²) >= 11 is 0. The molecule has 0 spiro atoms. The van der Waals surface area contributed by atoms with Gasteiger partial charge in [-0.1, -0.05) is 49.0 Å². The van der Waals surface area contributed by atoms with E-state index in [0.29, 0.717) is 54.5 Å². The number of allylic oxidation sites excluding steroid dienone is 1. The molecule has 1 aliphatic heterocycles. The number of aromatic nitrogens is 2. The molecular formula is C25H25N3O3. The average Bonchev–Trinajstić information content (AvgIpc) is 2.74. The molecule has 3 aromatic rings. The fourth-order valence-corrected chi connectivity index (χ4v) is 4.19. The lowest BCUT2D eigenvalue weighted by Gasteiger charge is -2.26. The van der Waals surface area contributed by atoms with E-state index in [2.05, 4.69) is 16.9 Å². The first kappa shape index (κ1) is 20.7. The number of rotatable bonds is 6. The lowest BCUT2D eigenvalue weighted by molar-refractivity contribution is -0.125. The number of nitrogens with zero attached hydrogens (tertiary/aromatic N) is 2. The van der Waals surface area contributed by atoms with Crippen molar-refractivity contribution < 1.29 is 9.59 Å². The Labute approximate surface area is 180 Å². The third-order valence-electron chi connectivity index (χ3n) is 5.74. The van der Waals surface area contributed by atoms with E-state index in [4.69, 9.17) is 0 Å². The Balaban J connectivity index is 1.64. The summed E-state index contributed by atoms with van der Waals surface area (Å²) in [5, 5.41) is 3.23. The largest absolute Gasteiger partial charge is 0.329 e. The van der Waals surface area contributed by atoms with Crippen LogP contribution in [0.1, 0.15) is 42.3 Å². The first-order chi connectivity index (χ1) is 14.9. The minimum Gasteiger partial charge on any atom is -0.329 e. The number of fused-ring (bicyclic) bond motifs is 1. The topological polar surface area (TPSA) is 81.1 Å². The van der Waals surface area contributed by atoms with Crippen LogP contribution in [-0.2, 0) is 22.4 Å². The highest BCUT2D eigenvalue weighted by molar-refractivity contribution is 5.86. The Morgan fingerprint density at radius 2 is 1.94 bits per heavy atom. The second-order valence-corrected chi connectivity index (χ2v) is 7.99. The predicted molar refractivity (Wildman–Crippen MR) is 120 cm³/mol. The summed E-state index contributed by atoms with van der Waals surface area (Å²) in [4.78, 5) is 43.1. The molecule has 1 unspecified atom stereocenters. The van der Waals surface area contributed by atoms with E-state index in [-0.39, 0.29) is 17.2 Å². The van der Waals surface area contributed by atoms with Gasteiger partial charge < -0.3 is 5.32 Å².